The molecule has 1 aliphatic heterocycles. The van der Waals surface area contributed by atoms with Gasteiger partial charge in [0.2, 0.25) is 0 Å². The normalized spacial score (nSPS) is 22.5. The van der Waals surface area contributed by atoms with Gasteiger partial charge in [-0.15, -0.1) is 0 Å². The third kappa shape index (κ3) is 10.3. The summed E-state index contributed by atoms with van der Waals surface area (Å²) in [6.45, 7) is 7.22. The number of esters is 1. The molecule has 0 aliphatic carbocycles. The van der Waals surface area contributed by atoms with Crippen LogP contribution in [0.5, 0.6) is 0 Å². The highest BCUT2D eigenvalue weighted by atomic mass is 16.5. The first-order valence-corrected chi connectivity index (χ1v) is 9.54. The number of carbonyl (C=O) groups is 1. The van der Waals surface area contributed by atoms with Gasteiger partial charge in [0.25, 0.3) is 0 Å². The lowest BCUT2D eigenvalue weighted by molar-refractivity contribution is -0.148. The summed E-state index contributed by atoms with van der Waals surface area (Å²) in [4.78, 5) is 11.4. The number of cyclic esters (lactones) is 1. The van der Waals surface area contributed by atoms with Crippen molar-refractivity contribution in [3.8, 4) is 0 Å². The second kappa shape index (κ2) is 12.9. The van der Waals surface area contributed by atoms with Gasteiger partial charge in [-0.1, -0.05) is 50.6 Å². The Labute approximate surface area is 152 Å². The standard InChI is InChI=1S/C15H20O3.C6H14O/c1-12-9-14(10-13-5-3-2-4-6-13)11-17-8-7-15(16)18-12;1-3-5-6(7)4-2/h2-6,12,14H,7-11H2,1H3;6-7H,3-5H2,1-2H3. The Morgan fingerprint density at radius 1 is 1.24 bits per heavy atom. The van der Waals surface area contributed by atoms with Crippen molar-refractivity contribution in [3.63, 3.8) is 0 Å². The Kier molecular flexibility index (Phi) is 11.2. The molecule has 1 fully saturated rings. The van der Waals surface area contributed by atoms with Crippen LogP contribution in [0.3, 0.4) is 0 Å². The molecule has 0 aromatic heterocycles. The van der Waals surface area contributed by atoms with Crippen molar-refractivity contribution < 1.29 is 19.4 Å². The lowest BCUT2D eigenvalue weighted by Gasteiger charge is -2.19. The number of carbonyl (C=O) groups excluding carboxylic acids is 1. The molecule has 25 heavy (non-hydrogen) atoms. The van der Waals surface area contributed by atoms with E-state index in [1.807, 2.05) is 19.9 Å². The summed E-state index contributed by atoms with van der Waals surface area (Å²) in [5.41, 5.74) is 1.31. The second-order valence-corrected chi connectivity index (χ2v) is 6.77. The highest BCUT2D eigenvalue weighted by molar-refractivity contribution is 5.69. The van der Waals surface area contributed by atoms with Crippen molar-refractivity contribution in [1.29, 1.82) is 0 Å². The number of aliphatic hydroxyl groups is 1. The number of benzene rings is 1. The van der Waals surface area contributed by atoms with Gasteiger partial charge < -0.3 is 14.6 Å². The Bertz CT molecular complexity index is 460. The molecule has 4 heteroatoms. The highest BCUT2D eigenvalue weighted by Crippen LogP contribution is 2.18. The minimum Gasteiger partial charge on any atom is -0.463 e. The minimum atomic E-state index is -0.150. The smallest absolute Gasteiger partial charge is 0.308 e. The topological polar surface area (TPSA) is 55.8 Å². The molecule has 0 radical (unpaired) electrons. The van der Waals surface area contributed by atoms with Crippen LogP contribution in [-0.4, -0.2) is 36.5 Å². The Morgan fingerprint density at radius 2 is 1.96 bits per heavy atom. The van der Waals surface area contributed by atoms with Crippen LogP contribution in [0.1, 0.15) is 58.4 Å². The van der Waals surface area contributed by atoms with Crippen molar-refractivity contribution in [2.75, 3.05) is 13.2 Å². The molecule has 1 aromatic carbocycles. The van der Waals surface area contributed by atoms with Crippen LogP contribution in [0.15, 0.2) is 30.3 Å². The minimum absolute atomic E-state index is 0.0205. The first-order valence-electron chi connectivity index (χ1n) is 9.54. The van der Waals surface area contributed by atoms with Crippen LogP contribution in [0.4, 0.5) is 0 Å². The maximum absolute atomic E-state index is 11.4. The molecule has 1 aliphatic rings. The van der Waals surface area contributed by atoms with E-state index in [1.165, 1.54) is 5.56 Å². The fourth-order valence-electron chi connectivity index (χ4n) is 2.90. The van der Waals surface area contributed by atoms with Crippen LogP contribution in [0.2, 0.25) is 0 Å². The number of rotatable bonds is 5. The summed E-state index contributed by atoms with van der Waals surface area (Å²) in [7, 11) is 0. The summed E-state index contributed by atoms with van der Waals surface area (Å²) < 4.78 is 10.9. The van der Waals surface area contributed by atoms with Gasteiger partial charge in [-0.3, -0.25) is 4.79 Å². The fourth-order valence-corrected chi connectivity index (χ4v) is 2.90. The van der Waals surface area contributed by atoms with Crippen LogP contribution >= 0.6 is 0 Å². The van der Waals surface area contributed by atoms with E-state index in [0.29, 0.717) is 25.6 Å². The zero-order valence-corrected chi connectivity index (χ0v) is 15.9. The number of hydrogen-bond donors (Lipinski definition) is 1. The Balaban J connectivity index is 0.000000381. The maximum atomic E-state index is 11.4. The van der Waals surface area contributed by atoms with Crippen molar-refractivity contribution in [1.82, 2.24) is 0 Å². The van der Waals surface area contributed by atoms with E-state index in [2.05, 4.69) is 31.2 Å². The average molecular weight is 350 g/mol. The van der Waals surface area contributed by atoms with Crippen LogP contribution in [0, 0.1) is 5.92 Å². The molecule has 3 atom stereocenters. The van der Waals surface area contributed by atoms with E-state index < -0.39 is 0 Å². The molecule has 1 heterocycles. The Morgan fingerprint density at radius 3 is 2.56 bits per heavy atom. The molecule has 1 saturated heterocycles. The summed E-state index contributed by atoms with van der Waals surface area (Å²) in [6, 6.07) is 10.4. The third-order valence-electron chi connectivity index (χ3n) is 4.26. The van der Waals surface area contributed by atoms with E-state index in [0.717, 1.165) is 32.1 Å². The number of aliphatic hydroxyl groups excluding tert-OH is 1. The molecule has 0 amide bonds. The zero-order valence-electron chi connectivity index (χ0n) is 15.9. The van der Waals surface area contributed by atoms with Gasteiger partial charge in [-0.05, 0) is 44.1 Å². The van der Waals surface area contributed by atoms with E-state index in [1.54, 1.807) is 0 Å². The van der Waals surface area contributed by atoms with Crippen LogP contribution in [-0.2, 0) is 20.7 Å². The monoisotopic (exact) mass is 350 g/mol. The van der Waals surface area contributed by atoms with Gasteiger partial charge in [0, 0.05) is 6.61 Å². The quantitative estimate of drug-likeness (QED) is 0.811. The number of ether oxygens (including phenoxy) is 2. The molecule has 1 N–H and O–H groups in total. The van der Waals surface area contributed by atoms with Crippen molar-refractivity contribution in [2.24, 2.45) is 5.92 Å². The van der Waals surface area contributed by atoms with Gasteiger partial charge in [0.15, 0.2) is 0 Å². The predicted octanol–water partition coefficient (Wildman–Crippen LogP) is 4.14. The first-order chi connectivity index (χ1) is 12.0. The fraction of sp³-hybridized carbons (Fsp3) is 0.667. The van der Waals surface area contributed by atoms with Crippen LogP contribution < -0.4 is 0 Å². The van der Waals surface area contributed by atoms with E-state index in [-0.39, 0.29) is 18.2 Å². The van der Waals surface area contributed by atoms with Gasteiger partial charge in [0.1, 0.15) is 0 Å². The lowest BCUT2D eigenvalue weighted by Crippen LogP contribution is -2.20. The van der Waals surface area contributed by atoms with E-state index >= 15 is 0 Å². The van der Waals surface area contributed by atoms with E-state index in [9.17, 15) is 4.79 Å². The predicted molar refractivity (Wildman–Crippen MR) is 100 cm³/mol. The van der Waals surface area contributed by atoms with Crippen LogP contribution in [0.25, 0.3) is 0 Å². The maximum Gasteiger partial charge on any atom is 0.308 e. The molecule has 142 valence electrons. The highest BCUT2D eigenvalue weighted by Gasteiger charge is 2.19. The van der Waals surface area contributed by atoms with Crippen molar-refractivity contribution in [3.05, 3.63) is 35.9 Å². The molecule has 0 bridgehead atoms. The van der Waals surface area contributed by atoms with Crippen molar-refractivity contribution >= 4 is 5.97 Å². The summed E-state index contributed by atoms with van der Waals surface area (Å²) in [5.74, 6) is 0.260. The van der Waals surface area contributed by atoms with Crippen molar-refractivity contribution in [2.45, 2.75) is 71.5 Å². The third-order valence-corrected chi connectivity index (χ3v) is 4.26. The van der Waals surface area contributed by atoms with Gasteiger partial charge in [-0.25, -0.2) is 0 Å². The SMILES string of the molecule is CC1CC(Cc2ccccc2)COCCC(=O)O1.CCCC(O)CC. The average Bonchev–Trinajstić information content (AvgIpc) is 2.67. The molecule has 2 rings (SSSR count). The molecule has 0 spiro atoms. The molecular weight excluding hydrogens is 316 g/mol. The van der Waals surface area contributed by atoms with E-state index in [4.69, 9.17) is 14.6 Å². The molecule has 1 aromatic rings. The second-order valence-electron chi connectivity index (χ2n) is 6.77. The number of hydrogen-bond acceptors (Lipinski definition) is 4. The Hall–Kier alpha value is -1.39. The van der Waals surface area contributed by atoms with Gasteiger partial charge in [0.05, 0.1) is 25.2 Å². The zero-order chi connectivity index (χ0) is 18.5. The largest absolute Gasteiger partial charge is 0.463 e. The molecule has 4 nitrogen and oxygen atoms in total. The lowest BCUT2D eigenvalue weighted by atomic mass is 9.95. The van der Waals surface area contributed by atoms with Gasteiger partial charge in [-0.2, -0.15) is 0 Å². The summed E-state index contributed by atoms with van der Waals surface area (Å²) in [5, 5.41) is 8.86. The summed E-state index contributed by atoms with van der Waals surface area (Å²) >= 11 is 0. The molecule has 0 saturated carbocycles. The first kappa shape index (κ1) is 21.7. The summed E-state index contributed by atoms with van der Waals surface area (Å²) in [6.07, 6.45) is 5.07. The molecular formula is C21H34O4. The van der Waals surface area contributed by atoms with Gasteiger partial charge >= 0.3 is 5.97 Å². The molecule has 3 unspecified atom stereocenters.